The number of hydrogen-bond donors (Lipinski definition) is 2. The molecule has 0 aliphatic carbocycles. The molecule has 0 saturated heterocycles. The molecule has 0 radical (unpaired) electrons. The van der Waals surface area contributed by atoms with E-state index in [1.807, 2.05) is 13.8 Å². The van der Waals surface area contributed by atoms with Crippen LogP contribution in [-0.2, 0) is 6.54 Å². The van der Waals surface area contributed by atoms with Crippen LogP contribution in [0.1, 0.15) is 25.8 Å². The lowest BCUT2D eigenvalue weighted by molar-refractivity contribution is 0.322. The SMILES string of the molecule is CC(C)CCNc1nc(NCc2cccc(F)c2)nc(Oc2c(F)c(F)c(F)c(F)c2F)n1. The molecule has 6 nitrogen and oxygen atoms in total. The van der Waals surface area contributed by atoms with Crippen molar-refractivity contribution >= 4 is 11.9 Å². The number of nitrogens with zero attached hydrogens (tertiary/aromatic N) is 3. The molecule has 3 aromatic rings. The zero-order chi connectivity index (χ0) is 24.1. The fraction of sp³-hybridized carbons (Fsp3) is 0.286. The summed E-state index contributed by atoms with van der Waals surface area (Å²) in [6, 6.07) is 4.94. The molecule has 2 N–H and O–H groups in total. The summed E-state index contributed by atoms with van der Waals surface area (Å²) in [7, 11) is 0. The summed E-state index contributed by atoms with van der Waals surface area (Å²) < 4.78 is 86.5. The molecular formula is C21H19F6N5O. The number of halogens is 6. The van der Waals surface area contributed by atoms with E-state index in [1.54, 1.807) is 6.07 Å². The lowest BCUT2D eigenvalue weighted by Crippen LogP contribution is -2.13. The minimum atomic E-state index is -2.32. The van der Waals surface area contributed by atoms with E-state index in [2.05, 4.69) is 25.6 Å². The Hall–Kier alpha value is -3.57. The average molecular weight is 471 g/mol. The first kappa shape index (κ1) is 24.1. The Labute approximate surface area is 185 Å². The summed E-state index contributed by atoms with van der Waals surface area (Å²) in [6.45, 7) is 4.46. The first-order valence-electron chi connectivity index (χ1n) is 9.83. The van der Waals surface area contributed by atoms with Crippen LogP contribution in [0.2, 0.25) is 0 Å². The fourth-order valence-corrected chi connectivity index (χ4v) is 2.63. The molecule has 0 amide bonds. The molecule has 1 aromatic heterocycles. The summed E-state index contributed by atoms with van der Waals surface area (Å²) in [6.07, 6.45) is 0.728. The van der Waals surface area contributed by atoms with Crippen molar-refractivity contribution in [3.05, 3.63) is 64.7 Å². The maximum atomic E-state index is 14.0. The standard InChI is InChI=1S/C21H19F6N5O/c1-10(2)6-7-28-19-30-20(29-9-11-4-3-5-12(22)8-11)32-21(31-19)33-18-16(26)14(24)13(23)15(25)17(18)27/h3-5,8,10H,6-7,9H2,1-2H3,(H2,28,29,30,31,32). The Morgan fingerprint density at radius 2 is 1.42 bits per heavy atom. The van der Waals surface area contributed by atoms with Gasteiger partial charge in [-0.15, -0.1) is 0 Å². The van der Waals surface area contributed by atoms with Crippen LogP contribution in [0.5, 0.6) is 11.8 Å². The molecule has 3 rings (SSSR count). The van der Waals surface area contributed by atoms with Crippen molar-refractivity contribution in [2.24, 2.45) is 5.92 Å². The summed E-state index contributed by atoms with van der Waals surface area (Å²) >= 11 is 0. The molecule has 0 saturated carbocycles. The Bertz CT molecular complexity index is 1120. The van der Waals surface area contributed by atoms with E-state index in [-0.39, 0.29) is 18.4 Å². The highest BCUT2D eigenvalue weighted by Gasteiger charge is 2.28. The molecule has 0 bridgehead atoms. The van der Waals surface area contributed by atoms with Gasteiger partial charge in [0.25, 0.3) is 0 Å². The van der Waals surface area contributed by atoms with Crippen LogP contribution < -0.4 is 15.4 Å². The van der Waals surface area contributed by atoms with E-state index >= 15 is 0 Å². The summed E-state index contributed by atoms with van der Waals surface area (Å²) in [5.74, 6) is -12.9. The first-order valence-corrected chi connectivity index (χ1v) is 9.83. The average Bonchev–Trinajstić information content (AvgIpc) is 2.78. The van der Waals surface area contributed by atoms with Crippen molar-refractivity contribution in [1.82, 2.24) is 15.0 Å². The normalized spacial score (nSPS) is 11.1. The number of hydrogen-bond acceptors (Lipinski definition) is 6. The van der Waals surface area contributed by atoms with Gasteiger partial charge >= 0.3 is 6.01 Å². The van der Waals surface area contributed by atoms with Gasteiger partial charge in [-0.2, -0.15) is 23.7 Å². The second-order valence-corrected chi connectivity index (χ2v) is 7.36. The minimum absolute atomic E-state index is 0.0636. The quantitative estimate of drug-likeness (QED) is 0.242. The lowest BCUT2D eigenvalue weighted by atomic mass is 10.1. The van der Waals surface area contributed by atoms with E-state index in [0.717, 1.165) is 6.42 Å². The zero-order valence-electron chi connectivity index (χ0n) is 17.5. The first-order chi connectivity index (χ1) is 15.7. The molecule has 0 aliphatic rings. The number of aromatic nitrogens is 3. The smallest absolute Gasteiger partial charge is 0.328 e. The van der Waals surface area contributed by atoms with Gasteiger partial charge in [-0.1, -0.05) is 26.0 Å². The van der Waals surface area contributed by atoms with E-state index in [0.29, 0.717) is 18.0 Å². The molecule has 33 heavy (non-hydrogen) atoms. The van der Waals surface area contributed by atoms with Crippen molar-refractivity contribution in [2.75, 3.05) is 17.2 Å². The predicted octanol–water partition coefficient (Wildman–Crippen LogP) is 5.57. The minimum Gasteiger partial charge on any atom is -0.418 e. The van der Waals surface area contributed by atoms with E-state index < -0.39 is 46.7 Å². The largest absolute Gasteiger partial charge is 0.418 e. The summed E-state index contributed by atoms with van der Waals surface area (Å²) in [5, 5.41) is 5.64. The molecule has 1 heterocycles. The number of ether oxygens (including phenoxy) is 1. The highest BCUT2D eigenvalue weighted by Crippen LogP contribution is 2.32. The van der Waals surface area contributed by atoms with Gasteiger partial charge in [0.1, 0.15) is 5.82 Å². The molecule has 0 fully saturated rings. The van der Waals surface area contributed by atoms with Gasteiger partial charge in [0.05, 0.1) is 0 Å². The second kappa shape index (κ2) is 10.4. The van der Waals surface area contributed by atoms with Crippen LogP contribution in [0, 0.1) is 40.8 Å². The third kappa shape index (κ3) is 6.02. The molecule has 0 spiro atoms. The molecule has 2 aromatic carbocycles. The van der Waals surface area contributed by atoms with Gasteiger partial charge in [-0.25, -0.2) is 17.6 Å². The lowest BCUT2D eigenvalue weighted by Gasteiger charge is -2.12. The maximum Gasteiger partial charge on any atom is 0.328 e. The Balaban J connectivity index is 1.90. The van der Waals surface area contributed by atoms with Gasteiger partial charge in [-0.05, 0) is 30.0 Å². The van der Waals surface area contributed by atoms with Crippen LogP contribution in [0.3, 0.4) is 0 Å². The van der Waals surface area contributed by atoms with Crippen LogP contribution >= 0.6 is 0 Å². The summed E-state index contributed by atoms with van der Waals surface area (Å²) in [4.78, 5) is 11.7. The molecule has 0 unspecified atom stereocenters. The van der Waals surface area contributed by atoms with Crippen molar-refractivity contribution in [3.8, 4) is 11.8 Å². The topological polar surface area (TPSA) is 72.0 Å². The van der Waals surface area contributed by atoms with Crippen molar-refractivity contribution in [1.29, 1.82) is 0 Å². The van der Waals surface area contributed by atoms with Crippen molar-refractivity contribution < 1.29 is 31.1 Å². The number of rotatable bonds is 9. The highest BCUT2D eigenvalue weighted by atomic mass is 19.2. The Morgan fingerprint density at radius 3 is 2.03 bits per heavy atom. The third-order valence-corrected chi connectivity index (χ3v) is 4.32. The zero-order valence-corrected chi connectivity index (χ0v) is 17.5. The van der Waals surface area contributed by atoms with Gasteiger partial charge < -0.3 is 15.4 Å². The fourth-order valence-electron chi connectivity index (χ4n) is 2.63. The molecule has 176 valence electrons. The van der Waals surface area contributed by atoms with Gasteiger partial charge in [0.2, 0.25) is 46.7 Å². The van der Waals surface area contributed by atoms with E-state index in [1.165, 1.54) is 18.2 Å². The van der Waals surface area contributed by atoms with Crippen LogP contribution in [-0.4, -0.2) is 21.5 Å². The van der Waals surface area contributed by atoms with Crippen LogP contribution in [0.4, 0.5) is 38.2 Å². The molecule has 0 atom stereocenters. The Kier molecular flexibility index (Phi) is 7.56. The maximum absolute atomic E-state index is 14.0. The van der Waals surface area contributed by atoms with Gasteiger partial charge in [0.15, 0.2) is 0 Å². The molecule has 0 aliphatic heterocycles. The van der Waals surface area contributed by atoms with Crippen LogP contribution in [0.25, 0.3) is 0 Å². The summed E-state index contributed by atoms with van der Waals surface area (Å²) in [5.41, 5.74) is 0.534. The van der Waals surface area contributed by atoms with Gasteiger partial charge in [0, 0.05) is 13.1 Å². The number of benzene rings is 2. The van der Waals surface area contributed by atoms with Gasteiger partial charge in [-0.3, -0.25) is 0 Å². The number of nitrogens with one attached hydrogen (secondary N) is 2. The predicted molar refractivity (Wildman–Crippen MR) is 108 cm³/mol. The van der Waals surface area contributed by atoms with E-state index in [9.17, 15) is 26.3 Å². The molecular weight excluding hydrogens is 452 g/mol. The van der Waals surface area contributed by atoms with Crippen molar-refractivity contribution in [2.45, 2.75) is 26.8 Å². The van der Waals surface area contributed by atoms with Crippen molar-refractivity contribution in [3.63, 3.8) is 0 Å². The Morgan fingerprint density at radius 1 is 0.818 bits per heavy atom. The number of anilines is 2. The second-order valence-electron chi connectivity index (χ2n) is 7.36. The molecule has 12 heteroatoms. The highest BCUT2D eigenvalue weighted by molar-refractivity contribution is 5.39. The van der Waals surface area contributed by atoms with E-state index in [4.69, 9.17) is 4.74 Å². The van der Waals surface area contributed by atoms with Crippen LogP contribution in [0.15, 0.2) is 24.3 Å². The monoisotopic (exact) mass is 471 g/mol. The third-order valence-electron chi connectivity index (χ3n) is 4.32.